The molecule has 0 spiro atoms. The van der Waals surface area contributed by atoms with Gasteiger partial charge in [0.15, 0.2) is 0 Å². The van der Waals surface area contributed by atoms with E-state index in [-0.39, 0.29) is 11.3 Å². The number of nitrogens with two attached hydrogens (primary N) is 1. The van der Waals surface area contributed by atoms with Gasteiger partial charge >= 0.3 is 0 Å². The van der Waals surface area contributed by atoms with Crippen molar-refractivity contribution >= 4 is 5.91 Å². The van der Waals surface area contributed by atoms with Gasteiger partial charge in [0.1, 0.15) is 0 Å². The maximum atomic E-state index is 12.1. The zero-order chi connectivity index (χ0) is 12.4. The lowest BCUT2D eigenvalue weighted by Crippen LogP contribution is -2.57. The average molecular weight is 226 g/mol. The van der Waals surface area contributed by atoms with E-state index in [1.807, 2.05) is 13.8 Å². The Bertz CT molecular complexity index is 257. The molecule has 0 radical (unpaired) electrons. The van der Waals surface area contributed by atoms with Crippen LogP contribution in [0.1, 0.15) is 59.8 Å². The van der Waals surface area contributed by atoms with E-state index in [0.29, 0.717) is 18.9 Å². The lowest BCUT2D eigenvalue weighted by molar-refractivity contribution is -0.128. The lowest BCUT2D eigenvalue weighted by Gasteiger charge is -2.32. The smallest absolute Gasteiger partial charge is 0.240 e. The van der Waals surface area contributed by atoms with Gasteiger partial charge in [-0.05, 0) is 31.1 Å². The molecule has 0 aromatic carbocycles. The van der Waals surface area contributed by atoms with Crippen LogP contribution in [0, 0.1) is 5.41 Å². The average Bonchev–Trinajstić information content (AvgIpc) is 2.57. The van der Waals surface area contributed by atoms with Gasteiger partial charge < -0.3 is 11.1 Å². The molecule has 3 N–H and O–H groups in total. The van der Waals surface area contributed by atoms with Crippen molar-refractivity contribution in [1.29, 1.82) is 0 Å². The van der Waals surface area contributed by atoms with Crippen LogP contribution in [-0.2, 0) is 4.79 Å². The van der Waals surface area contributed by atoms with E-state index in [4.69, 9.17) is 5.73 Å². The first-order valence-corrected chi connectivity index (χ1v) is 6.45. The SMILES string of the molecule is CCC(N)(CC)C(=O)NC1CCCC1(C)C. The summed E-state index contributed by atoms with van der Waals surface area (Å²) in [6.07, 6.45) is 4.87. The Morgan fingerprint density at radius 3 is 2.38 bits per heavy atom. The minimum atomic E-state index is -0.682. The molecular formula is C13H26N2O. The largest absolute Gasteiger partial charge is 0.351 e. The van der Waals surface area contributed by atoms with Crippen molar-refractivity contribution in [2.75, 3.05) is 0 Å². The Morgan fingerprint density at radius 2 is 2.00 bits per heavy atom. The fourth-order valence-electron chi connectivity index (χ4n) is 2.47. The fourth-order valence-corrected chi connectivity index (χ4v) is 2.47. The third kappa shape index (κ3) is 2.57. The molecule has 1 atom stereocenters. The number of amides is 1. The van der Waals surface area contributed by atoms with Crippen molar-refractivity contribution in [2.24, 2.45) is 11.1 Å². The highest BCUT2D eigenvalue weighted by Gasteiger charge is 2.38. The van der Waals surface area contributed by atoms with Crippen LogP contribution in [0.15, 0.2) is 0 Å². The van der Waals surface area contributed by atoms with Crippen molar-refractivity contribution in [3.05, 3.63) is 0 Å². The lowest BCUT2D eigenvalue weighted by atomic mass is 9.86. The van der Waals surface area contributed by atoms with Gasteiger partial charge in [0, 0.05) is 6.04 Å². The van der Waals surface area contributed by atoms with E-state index < -0.39 is 5.54 Å². The van der Waals surface area contributed by atoms with Gasteiger partial charge in [-0.15, -0.1) is 0 Å². The molecule has 3 heteroatoms. The van der Waals surface area contributed by atoms with E-state index in [0.717, 1.165) is 6.42 Å². The molecular weight excluding hydrogens is 200 g/mol. The molecule has 0 aromatic heterocycles. The Kier molecular flexibility index (Phi) is 4.00. The van der Waals surface area contributed by atoms with Gasteiger partial charge in [-0.2, -0.15) is 0 Å². The summed E-state index contributed by atoms with van der Waals surface area (Å²) in [5, 5.41) is 3.15. The molecule has 1 aliphatic carbocycles. The topological polar surface area (TPSA) is 55.1 Å². The number of rotatable bonds is 4. The summed E-state index contributed by atoms with van der Waals surface area (Å²) in [5.74, 6) is 0.0254. The van der Waals surface area contributed by atoms with E-state index >= 15 is 0 Å². The molecule has 0 heterocycles. The molecule has 1 rings (SSSR count). The maximum absolute atomic E-state index is 12.1. The van der Waals surface area contributed by atoms with Gasteiger partial charge in [-0.3, -0.25) is 4.79 Å². The normalized spacial score (nSPS) is 24.4. The summed E-state index contributed by atoms with van der Waals surface area (Å²) >= 11 is 0. The van der Waals surface area contributed by atoms with E-state index in [1.165, 1.54) is 12.8 Å². The summed E-state index contributed by atoms with van der Waals surface area (Å²) in [7, 11) is 0. The van der Waals surface area contributed by atoms with Crippen LogP contribution >= 0.6 is 0 Å². The molecule has 16 heavy (non-hydrogen) atoms. The number of hydrogen-bond acceptors (Lipinski definition) is 2. The van der Waals surface area contributed by atoms with E-state index in [2.05, 4.69) is 19.2 Å². The molecule has 0 aliphatic heterocycles. The molecule has 1 amide bonds. The molecule has 0 aromatic rings. The second-order valence-corrected chi connectivity index (χ2v) is 5.77. The number of carbonyl (C=O) groups excluding carboxylic acids is 1. The van der Waals surface area contributed by atoms with Gasteiger partial charge in [0.25, 0.3) is 0 Å². The monoisotopic (exact) mass is 226 g/mol. The second kappa shape index (κ2) is 4.74. The Hall–Kier alpha value is -0.570. The highest BCUT2D eigenvalue weighted by molar-refractivity contribution is 5.86. The molecule has 1 aliphatic rings. The first-order chi connectivity index (χ1) is 7.35. The van der Waals surface area contributed by atoms with Crippen LogP contribution in [-0.4, -0.2) is 17.5 Å². The number of hydrogen-bond donors (Lipinski definition) is 2. The third-order valence-electron chi connectivity index (χ3n) is 4.28. The molecule has 1 unspecified atom stereocenters. The van der Waals surface area contributed by atoms with Gasteiger partial charge in [-0.25, -0.2) is 0 Å². The molecule has 3 nitrogen and oxygen atoms in total. The summed E-state index contributed by atoms with van der Waals surface area (Å²) in [4.78, 5) is 12.1. The van der Waals surface area contributed by atoms with Crippen LogP contribution < -0.4 is 11.1 Å². The quantitative estimate of drug-likeness (QED) is 0.772. The minimum absolute atomic E-state index is 0.0254. The second-order valence-electron chi connectivity index (χ2n) is 5.77. The first kappa shape index (κ1) is 13.5. The Morgan fingerprint density at radius 1 is 1.44 bits per heavy atom. The first-order valence-electron chi connectivity index (χ1n) is 6.45. The molecule has 1 fully saturated rings. The zero-order valence-corrected chi connectivity index (χ0v) is 11.1. The summed E-state index contributed by atoms with van der Waals surface area (Å²) < 4.78 is 0. The van der Waals surface area contributed by atoms with Crippen molar-refractivity contribution in [3.8, 4) is 0 Å². The standard InChI is InChI=1S/C13H26N2O/c1-5-13(14,6-2)11(16)15-10-8-7-9-12(10,3)4/h10H,5-9,14H2,1-4H3,(H,15,16). The molecule has 94 valence electrons. The van der Waals surface area contributed by atoms with Crippen LogP contribution in [0.5, 0.6) is 0 Å². The Balaban J connectivity index is 2.64. The van der Waals surface area contributed by atoms with E-state index in [9.17, 15) is 4.79 Å². The molecule has 0 saturated heterocycles. The molecule has 1 saturated carbocycles. The number of carbonyl (C=O) groups is 1. The Labute approximate surface area is 99.2 Å². The summed E-state index contributed by atoms with van der Waals surface area (Å²) in [5.41, 5.74) is 5.63. The van der Waals surface area contributed by atoms with E-state index in [1.54, 1.807) is 0 Å². The zero-order valence-electron chi connectivity index (χ0n) is 11.1. The summed E-state index contributed by atoms with van der Waals surface area (Å²) in [6, 6.07) is 0.293. The van der Waals surface area contributed by atoms with Crippen LogP contribution in [0.25, 0.3) is 0 Å². The minimum Gasteiger partial charge on any atom is -0.351 e. The van der Waals surface area contributed by atoms with Gasteiger partial charge in [-0.1, -0.05) is 34.1 Å². The third-order valence-corrected chi connectivity index (χ3v) is 4.28. The predicted molar refractivity (Wildman–Crippen MR) is 67.1 cm³/mol. The van der Waals surface area contributed by atoms with Crippen LogP contribution in [0.4, 0.5) is 0 Å². The van der Waals surface area contributed by atoms with Crippen molar-refractivity contribution in [1.82, 2.24) is 5.32 Å². The van der Waals surface area contributed by atoms with Crippen molar-refractivity contribution < 1.29 is 4.79 Å². The van der Waals surface area contributed by atoms with Crippen molar-refractivity contribution in [2.45, 2.75) is 71.4 Å². The predicted octanol–water partition coefficient (Wildman–Crippen LogP) is 2.20. The highest BCUT2D eigenvalue weighted by atomic mass is 16.2. The van der Waals surface area contributed by atoms with Crippen LogP contribution in [0.3, 0.4) is 0 Å². The van der Waals surface area contributed by atoms with Gasteiger partial charge in [0.05, 0.1) is 5.54 Å². The number of nitrogens with one attached hydrogen (secondary N) is 1. The molecule has 0 bridgehead atoms. The van der Waals surface area contributed by atoms with Crippen LogP contribution in [0.2, 0.25) is 0 Å². The summed E-state index contributed by atoms with van der Waals surface area (Å²) in [6.45, 7) is 8.40. The van der Waals surface area contributed by atoms with Crippen molar-refractivity contribution in [3.63, 3.8) is 0 Å². The maximum Gasteiger partial charge on any atom is 0.240 e. The fraction of sp³-hybridized carbons (Fsp3) is 0.923. The highest BCUT2D eigenvalue weighted by Crippen LogP contribution is 2.37. The van der Waals surface area contributed by atoms with Gasteiger partial charge in [0.2, 0.25) is 5.91 Å².